The smallest absolute Gasteiger partial charge is 0.325 e. The molecule has 2 aliphatic heterocycles. The van der Waals surface area contributed by atoms with E-state index < -0.39 is 17.6 Å². The van der Waals surface area contributed by atoms with E-state index in [2.05, 4.69) is 10.6 Å². The van der Waals surface area contributed by atoms with Gasteiger partial charge in [0.05, 0.1) is 0 Å². The average molecular weight is 412 g/mol. The zero-order chi connectivity index (χ0) is 21.3. The van der Waals surface area contributed by atoms with E-state index >= 15 is 0 Å². The Balaban J connectivity index is 1.39. The van der Waals surface area contributed by atoms with E-state index in [0.717, 1.165) is 41.8 Å². The molecule has 1 saturated carbocycles. The summed E-state index contributed by atoms with van der Waals surface area (Å²) in [5, 5.41) is 5.63. The first kappa shape index (κ1) is 20.4. The summed E-state index contributed by atoms with van der Waals surface area (Å²) < 4.78 is 0. The maximum atomic E-state index is 12.8. The Labute approximate surface area is 176 Å². The number of hydrogen-bond acceptors (Lipinski definition) is 4. The second kappa shape index (κ2) is 8.08. The first-order chi connectivity index (χ1) is 14.4. The minimum Gasteiger partial charge on any atom is -0.350 e. The maximum Gasteiger partial charge on any atom is 0.325 e. The highest BCUT2D eigenvalue weighted by atomic mass is 16.2. The lowest BCUT2D eigenvalue weighted by Crippen LogP contribution is -2.49. The van der Waals surface area contributed by atoms with Crippen molar-refractivity contribution >= 4 is 29.4 Å². The molecule has 3 fully saturated rings. The van der Waals surface area contributed by atoms with Gasteiger partial charge in [-0.25, -0.2) is 9.69 Å². The number of rotatable bonds is 5. The molecule has 1 unspecified atom stereocenters. The van der Waals surface area contributed by atoms with Crippen molar-refractivity contribution in [1.82, 2.24) is 15.5 Å². The molecule has 1 spiro atoms. The van der Waals surface area contributed by atoms with Crippen molar-refractivity contribution in [2.45, 2.75) is 70.0 Å². The van der Waals surface area contributed by atoms with Gasteiger partial charge >= 0.3 is 6.03 Å². The Kier molecular flexibility index (Phi) is 5.49. The van der Waals surface area contributed by atoms with Crippen LogP contribution in [0.1, 0.15) is 57.4 Å². The van der Waals surface area contributed by atoms with Gasteiger partial charge in [0.15, 0.2) is 0 Å². The third-order valence-electron chi connectivity index (χ3n) is 6.43. The predicted molar refractivity (Wildman–Crippen MR) is 111 cm³/mol. The number of carbonyl (C=O) groups excluding carboxylic acids is 4. The molecule has 8 heteroatoms. The standard InChI is InChI=1S/C22H28N4O4/c1-15(26-20(29)22(24-21(26)30)10-3-4-11-22)19(28)23-14-16-7-6-8-17(13-16)25-12-5-2-9-18(25)27/h6-8,13,15H,2-5,9-12,14H2,1H3,(H,23,28)(H,24,30). The van der Waals surface area contributed by atoms with Crippen LogP contribution in [0.3, 0.4) is 0 Å². The van der Waals surface area contributed by atoms with Crippen molar-refractivity contribution in [3.05, 3.63) is 29.8 Å². The molecule has 0 aromatic heterocycles. The van der Waals surface area contributed by atoms with E-state index in [-0.39, 0.29) is 24.3 Å². The zero-order valence-electron chi connectivity index (χ0n) is 17.3. The Morgan fingerprint density at radius 2 is 1.93 bits per heavy atom. The molecule has 4 rings (SSSR count). The molecular weight excluding hydrogens is 384 g/mol. The van der Waals surface area contributed by atoms with Crippen LogP contribution in [0.4, 0.5) is 10.5 Å². The van der Waals surface area contributed by atoms with E-state index in [4.69, 9.17) is 0 Å². The maximum absolute atomic E-state index is 12.8. The summed E-state index contributed by atoms with van der Waals surface area (Å²) in [6.45, 7) is 2.54. The number of nitrogens with zero attached hydrogens (tertiary/aromatic N) is 2. The number of benzene rings is 1. The fraction of sp³-hybridized carbons (Fsp3) is 0.545. The number of amides is 5. The highest BCUT2D eigenvalue weighted by Gasteiger charge is 2.54. The average Bonchev–Trinajstić information content (AvgIpc) is 3.31. The molecular formula is C22H28N4O4. The van der Waals surface area contributed by atoms with E-state index in [0.29, 0.717) is 25.8 Å². The van der Waals surface area contributed by atoms with Crippen LogP contribution in [-0.4, -0.2) is 46.8 Å². The van der Waals surface area contributed by atoms with Crippen molar-refractivity contribution < 1.29 is 19.2 Å². The molecule has 8 nitrogen and oxygen atoms in total. The molecule has 2 N–H and O–H groups in total. The number of carbonyl (C=O) groups is 4. The second-order valence-corrected chi connectivity index (χ2v) is 8.46. The number of urea groups is 1. The molecule has 3 aliphatic rings. The Morgan fingerprint density at radius 1 is 1.17 bits per heavy atom. The van der Waals surface area contributed by atoms with Gasteiger partial charge in [0.25, 0.3) is 5.91 Å². The minimum atomic E-state index is -0.885. The molecule has 1 atom stereocenters. The first-order valence-corrected chi connectivity index (χ1v) is 10.7. The second-order valence-electron chi connectivity index (χ2n) is 8.46. The molecule has 30 heavy (non-hydrogen) atoms. The van der Waals surface area contributed by atoms with Gasteiger partial charge in [-0.15, -0.1) is 0 Å². The summed E-state index contributed by atoms with van der Waals surface area (Å²) in [6.07, 6.45) is 5.53. The summed E-state index contributed by atoms with van der Waals surface area (Å²) in [4.78, 5) is 52.9. The fourth-order valence-corrected chi connectivity index (χ4v) is 4.68. The molecule has 0 radical (unpaired) electrons. The lowest BCUT2D eigenvalue weighted by Gasteiger charge is -2.27. The monoisotopic (exact) mass is 412 g/mol. The van der Waals surface area contributed by atoms with Gasteiger partial charge in [-0.05, 0) is 50.3 Å². The summed E-state index contributed by atoms with van der Waals surface area (Å²) in [5.41, 5.74) is 0.869. The molecule has 5 amide bonds. The van der Waals surface area contributed by atoms with E-state index in [1.165, 1.54) is 0 Å². The van der Waals surface area contributed by atoms with Crippen molar-refractivity contribution in [2.75, 3.05) is 11.4 Å². The van der Waals surface area contributed by atoms with Gasteiger partial charge < -0.3 is 15.5 Å². The van der Waals surface area contributed by atoms with E-state index in [9.17, 15) is 19.2 Å². The Hall–Kier alpha value is -2.90. The molecule has 2 saturated heterocycles. The van der Waals surface area contributed by atoms with Crippen LogP contribution in [0.25, 0.3) is 0 Å². The van der Waals surface area contributed by atoms with Crippen molar-refractivity contribution in [3.8, 4) is 0 Å². The zero-order valence-corrected chi connectivity index (χ0v) is 17.3. The Morgan fingerprint density at radius 3 is 2.67 bits per heavy atom. The lowest BCUT2D eigenvalue weighted by molar-refractivity contribution is -0.137. The van der Waals surface area contributed by atoms with E-state index in [1.54, 1.807) is 11.8 Å². The molecule has 2 heterocycles. The molecule has 160 valence electrons. The molecule has 0 bridgehead atoms. The van der Waals surface area contributed by atoms with Crippen molar-refractivity contribution in [3.63, 3.8) is 0 Å². The van der Waals surface area contributed by atoms with Gasteiger partial charge in [0.1, 0.15) is 11.6 Å². The van der Waals surface area contributed by atoms with Crippen LogP contribution >= 0.6 is 0 Å². The summed E-state index contributed by atoms with van der Waals surface area (Å²) in [5.74, 6) is -0.554. The van der Waals surface area contributed by atoms with Crippen LogP contribution < -0.4 is 15.5 Å². The number of hydrogen-bond donors (Lipinski definition) is 2. The van der Waals surface area contributed by atoms with Crippen LogP contribution in [0.2, 0.25) is 0 Å². The largest absolute Gasteiger partial charge is 0.350 e. The molecule has 1 aromatic rings. The van der Waals surface area contributed by atoms with Crippen LogP contribution in [0.15, 0.2) is 24.3 Å². The third kappa shape index (κ3) is 3.66. The quantitative estimate of drug-likeness (QED) is 0.724. The minimum absolute atomic E-state index is 0.121. The number of imide groups is 1. The number of piperidine rings is 1. The normalized spacial score (nSPS) is 21.8. The van der Waals surface area contributed by atoms with Gasteiger partial charge in [-0.3, -0.25) is 14.4 Å². The summed E-state index contributed by atoms with van der Waals surface area (Å²) in [7, 11) is 0. The van der Waals surface area contributed by atoms with Crippen molar-refractivity contribution in [2.24, 2.45) is 0 Å². The number of nitrogens with one attached hydrogen (secondary N) is 2. The van der Waals surface area contributed by atoms with Crippen LogP contribution in [0.5, 0.6) is 0 Å². The van der Waals surface area contributed by atoms with Gasteiger partial charge in [0.2, 0.25) is 11.8 Å². The highest BCUT2D eigenvalue weighted by Crippen LogP contribution is 2.35. The van der Waals surface area contributed by atoms with Crippen LogP contribution in [-0.2, 0) is 20.9 Å². The highest BCUT2D eigenvalue weighted by molar-refractivity contribution is 6.10. The van der Waals surface area contributed by atoms with Gasteiger partial charge in [-0.2, -0.15) is 0 Å². The van der Waals surface area contributed by atoms with Crippen LogP contribution in [0, 0.1) is 0 Å². The lowest BCUT2D eigenvalue weighted by atomic mass is 9.97. The van der Waals surface area contributed by atoms with Crippen molar-refractivity contribution in [1.29, 1.82) is 0 Å². The summed E-state index contributed by atoms with van der Waals surface area (Å²) in [6, 6.07) is 6.16. The van der Waals surface area contributed by atoms with Gasteiger partial charge in [-0.1, -0.05) is 25.0 Å². The van der Waals surface area contributed by atoms with E-state index in [1.807, 2.05) is 24.3 Å². The Bertz CT molecular complexity index is 878. The summed E-state index contributed by atoms with van der Waals surface area (Å²) >= 11 is 0. The molecule has 1 aromatic carbocycles. The predicted octanol–water partition coefficient (Wildman–Crippen LogP) is 2.07. The first-order valence-electron chi connectivity index (χ1n) is 10.7. The number of anilines is 1. The third-order valence-corrected chi connectivity index (χ3v) is 6.43. The SMILES string of the molecule is CC(C(=O)NCc1cccc(N2CCCCC2=O)c1)N1C(=O)NC2(CCCC2)C1=O. The fourth-order valence-electron chi connectivity index (χ4n) is 4.68. The topological polar surface area (TPSA) is 98.8 Å². The van der Waals surface area contributed by atoms with Gasteiger partial charge in [0, 0.05) is 25.2 Å². The molecule has 1 aliphatic carbocycles.